The molecular weight excluding hydrogens is 582 g/mol. The SMILES string of the molecule is COc1cccc(CN(C(=O)CN(c2ccccc2)S(=O)(=O)c2ccc(OC)c(OC)c2)[C@@H](C)C(=O)NC2CCCCC2)c1. The number of nitrogens with zero attached hydrogens (tertiary/aromatic N) is 2. The van der Waals surface area contributed by atoms with Gasteiger partial charge in [0.15, 0.2) is 11.5 Å². The van der Waals surface area contributed by atoms with E-state index in [9.17, 15) is 18.0 Å². The number of methoxy groups -OCH3 is 3. The van der Waals surface area contributed by atoms with Gasteiger partial charge in [-0.25, -0.2) is 8.42 Å². The van der Waals surface area contributed by atoms with Crippen molar-refractivity contribution in [3.05, 3.63) is 78.4 Å². The number of ether oxygens (including phenoxy) is 3. The maximum Gasteiger partial charge on any atom is 0.264 e. The van der Waals surface area contributed by atoms with Crippen LogP contribution in [-0.4, -0.2) is 65.1 Å². The van der Waals surface area contributed by atoms with Crippen LogP contribution in [0.5, 0.6) is 17.2 Å². The van der Waals surface area contributed by atoms with Gasteiger partial charge in [0.25, 0.3) is 10.0 Å². The molecule has 4 rings (SSSR count). The van der Waals surface area contributed by atoms with E-state index in [4.69, 9.17) is 14.2 Å². The molecule has 1 saturated carbocycles. The number of hydrogen-bond acceptors (Lipinski definition) is 7. The normalized spacial score (nSPS) is 14.3. The van der Waals surface area contributed by atoms with E-state index < -0.39 is 28.5 Å². The van der Waals surface area contributed by atoms with Crippen LogP contribution < -0.4 is 23.8 Å². The maximum atomic E-state index is 14.2. The Morgan fingerprint density at radius 1 is 0.864 bits per heavy atom. The van der Waals surface area contributed by atoms with Crippen molar-refractivity contribution >= 4 is 27.5 Å². The third kappa shape index (κ3) is 7.82. The molecule has 3 aromatic rings. The lowest BCUT2D eigenvalue weighted by molar-refractivity contribution is -0.139. The summed E-state index contributed by atoms with van der Waals surface area (Å²) >= 11 is 0. The van der Waals surface area contributed by atoms with E-state index in [-0.39, 0.29) is 29.1 Å². The Morgan fingerprint density at radius 3 is 2.23 bits per heavy atom. The third-order valence-electron chi connectivity index (χ3n) is 7.87. The summed E-state index contributed by atoms with van der Waals surface area (Å²) in [6.45, 7) is 1.21. The van der Waals surface area contributed by atoms with Gasteiger partial charge in [-0.15, -0.1) is 0 Å². The third-order valence-corrected chi connectivity index (χ3v) is 9.64. The lowest BCUT2D eigenvalue weighted by atomic mass is 9.95. The number of hydrogen-bond donors (Lipinski definition) is 1. The second kappa shape index (κ2) is 15.0. The molecule has 0 heterocycles. The first-order valence-electron chi connectivity index (χ1n) is 14.7. The van der Waals surface area contributed by atoms with Crippen LogP contribution in [0.25, 0.3) is 0 Å². The summed E-state index contributed by atoms with van der Waals surface area (Å²) < 4.78 is 45.3. The number of sulfonamides is 1. The minimum atomic E-state index is -4.26. The highest BCUT2D eigenvalue weighted by molar-refractivity contribution is 7.92. The number of anilines is 1. The van der Waals surface area contributed by atoms with Gasteiger partial charge in [0.2, 0.25) is 11.8 Å². The van der Waals surface area contributed by atoms with Gasteiger partial charge in [-0.1, -0.05) is 49.6 Å². The topological polar surface area (TPSA) is 114 Å². The second-order valence-corrected chi connectivity index (χ2v) is 12.6. The molecular formula is C33H41N3O7S. The molecule has 0 saturated heterocycles. The Balaban J connectivity index is 1.69. The monoisotopic (exact) mass is 623 g/mol. The molecule has 236 valence electrons. The molecule has 0 aliphatic heterocycles. The Kier molecular flexibility index (Phi) is 11.1. The summed E-state index contributed by atoms with van der Waals surface area (Å²) in [7, 11) is 0.173. The highest BCUT2D eigenvalue weighted by atomic mass is 32.2. The summed E-state index contributed by atoms with van der Waals surface area (Å²) in [4.78, 5) is 29.0. The molecule has 1 atom stereocenters. The van der Waals surface area contributed by atoms with Crippen molar-refractivity contribution in [1.82, 2.24) is 10.2 Å². The fourth-order valence-corrected chi connectivity index (χ4v) is 6.78. The van der Waals surface area contributed by atoms with E-state index in [0.717, 1.165) is 42.0 Å². The molecule has 1 aliphatic carbocycles. The van der Waals surface area contributed by atoms with Crippen LogP contribution in [0.15, 0.2) is 77.7 Å². The van der Waals surface area contributed by atoms with E-state index in [2.05, 4.69) is 5.32 Å². The molecule has 0 spiro atoms. The number of nitrogens with one attached hydrogen (secondary N) is 1. The number of amides is 2. The van der Waals surface area contributed by atoms with Crippen molar-refractivity contribution in [1.29, 1.82) is 0 Å². The van der Waals surface area contributed by atoms with Crippen LogP contribution in [0.3, 0.4) is 0 Å². The summed E-state index contributed by atoms with van der Waals surface area (Å²) in [6, 6.07) is 19.1. The Morgan fingerprint density at radius 2 is 1.57 bits per heavy atom. The summed E-state index contributed by atoms with van der Waals surface area (Å²) in [5.41, 5.74) is 1.04. The zero-order chi connectivity index (χ0) is 31.7. The fraction of sp³-hybridized carbons (Fsp3) is 0.394. The van der Waals surface area contributed by atoms with Gasteiger partial charge in [0.05, 0.1) is 31.9 Å². The highest BCUT2D eigenvalue weighted by Crippen LogP contribution is 2.32. The van der Waals surface area contributed by atoms with Crippen molar-refractivity contribution in [2.75, 3.05) is 32.2 Å². The largest absolute Gasteiger partial charge is 0.497 e. The lowest BCUT2D eigenvalue weighted by Gasteiger charge is -2.33. The first kappa shape index (κ1) is 32.7. The molecule has 2 amide bonds. The summed E-state index contributed by atoms with van der Waals surface area (Å²) in [5.74, 6) is 0.405. The number of benzene rings is 3. The van der Waals surface area contributed by atoms with Gasteiger partial charge in [0.1, 0.15) is 18.3 Å². The quantitative estimate of drug-likeness (QED) is 0.292. The predicted octanol–water partition coefficient (Wildman–Crippen LogP) is 4.77. The van der Waals surface area contributed by atoms with E-state index in [0.29, 0.717) is 17.2 Å². The molecule has 1 N–H and O–H groups in total. The fourth-order valence-electron chi connectivity index (χ4n) is 5.35. The van der Waals surface area contributed by atoms with Gasteiger partial charge in [-0.3, -0.25) is 13.9 Å². The molecule has 11 heteroatoms. The zero-order valence-electron chi connectivity index (χ0n) is 25.7. The minimum Gasteiger partial charge on any atom is -0.497 e. The Bertz CT molecular complexity index is 1530. The first-order chi connectivity index (χ1) is 21.2. The second-order valence-electron chi connectivity index (χ2n) is 10.8. The van der Waals surface area contributed by atoms with Crippen LogP contribution in [0.2, 0.25) is 0 Å². The lowest BCUT2D eigenvalue weighted by Crippen LogP contribution is -2.53. The average molecular weight is 624 g/mol. The van der Waals surface area contributed by atoms with Crippen LogP contribution in [-0.2, 0) is 26.2 Å². The molecule has 0 unspecified atom stereocenters. The summed E-state index contributed by atoms with van der Waals surface area (Å²) in [5, 5.41) is 3.11. The highest BCUT2D eigenvalue weighted by Gasteiger charge is 2.33. The van der Waals surface area contributed by atoms with Crippen molar-refractivity contribution in [2.45, 2.75) is 62.6 Å². The van der Waals surface area contributed by atoms with Gasteiger partial charge >= 0.3 is 0 Å². The van der Waals surface area contributed by atoms with Crippen LogP contribution in [0.1, 0.15) is 44.6 Å². The van der Waals surface area contributed by atoms with Crippen molar-refractivity contribution < 1.29 is 32.2 Å². The minimum absolute atomic E-state index is 0.0544. The number of para-hydroxylation sites is 1. The number of carbonyl (C=O) groups is 2. The molecule has 1 fully saturated rings. The van der Waals surface area contributed by atoms with Crippen LogP contribution >= 0.6 is 0 Å². The molecule has 0 aromatic heterocycles. The van der Waals surface area contributed by atoms with Gasteiger partial charge in [-0.05, 0) is 61.7 Å². The molecule has 3 aromatic carbocycles. The molecule has 0 bridgehead atoms. The molecule has 44 heavy (non-hydrogen) atoms. The van der Waals surface area contributed by atoms with Gasteiger partial charge < -0.3 is 24.4 Å². The zero-order valence-corrected chi connectivity index (χ0v) is 26.5. The van der Waals surface area contributed by atoms with E-state index in [1.54, 1.807) is 62.6 Å². The van der Waals surface area contributed by atoms with Crippen molar-refractivity contribution in [2.24, 2.45) is 0 Å². The van der Waals surface area contributed by atoms with Gasteiger partial charge in [-0.2, -0.15) is 0 Å². The van der Waals surface area contributed by atoms with E-state index >= 15 is 0 Å². The molecule has 0 radical (unpaired) electrons. The number of carbonyl (C=O) groups excluding carboxylic acids is 2. The van der Waals surface area contributed by atoms with E-state index in [1.165, 1.54) is 37.3 Å². The van der Waals surface area contributed by atoms with E-state index in [1.807, 2.05) is 6.07 Å². The predicted molar refractivity (Wildman–Crippen MR) is 169 cm³/mol. The first-order valence-corrected chi connectivity index (χ1v) is 16.1. The standard InChI is InChI=1S/C33H41N3O7S/c1-24(33(38)34-26-13-7-5-8-14-26)35(22-25-12-11-17-28(20-25)41-2)32(37)23-36(27-15-9-6-10-16-27)44(39,40)29-18-19-30(42-3)31(21-29)43-4/h6,9-12,15-21,24,26H,5,7-8,13-14,22-23H2,1-4H3,(H,34,38)/t24-/m0/s1. The summed E-state index contributed by atoms with van der Waals surface area (Å²) in [6.07, 6.45) is 5.03. The Labute approximate surface area is 260 Å². The van der Waals surface area contributed by atoms with Crippen molar-refractivity contribution in [3.8, 4) is 17.2 Å². The Hall–Kier alpha value is -4.25. The average Bonchev–Trinajstić information content (AvgIpc) is 3.06. The maximum absolute atomic E-state index is 14.2. The smallest absolute Gasteiger partial charge is 0.264 e. The van der Waals surface area contributed by atoms with Crippen LogP contribution in [0.4, 0.5) is 5.69 Å². The molecule has 10 nitrogen and oxygen atoms in total. The molecule has 1 aliphatic rings. The van der Waals surface area contributed by atoms with Gasteiger partial charge in [0, 0.05) is 18.7 Å². The number of rotatable bonds is 13. The van der Waals surface area contributed by atoms with Crippen molar-refractivity contribution in [3.63, 3.8) is 0 Å². The van der Waals surface area contributed by atoms with Crippen LogP contribution in [0, 0.1) is 0 Å².